The van der Waals surface area contributed by atoms with E-state index < -0.39 is 6.10 Å². The minimum atomic E-state index is -0.581. The number of fused-ring (bicyclic) bond motifs is 1. The lowest BCUT2D eigenvalue weighted by atomic mass is 10.2. The maximum atomic E-state index is 10.2. The van der Waals surface area contributed by atoms with Crippen LogP contribution in [-0.2, 0) is 11.3 Å². The third kappa shape index (κ3) is 4.11. The lowest BCUT2D eigenvalue weighted by molar-refractivity contribution is 0.0397. The predicted octanol–water partition coefficient (Wildman–Crippen LogP) is 2.19. The van der Waals surface area contributed by atoms with Crippen molar-refractivity contribution in [3.8, 4) is 11.5 Å². The van der Waals surface area contributed by atoms with Crippen molar-refractivity contribution in [3.63, 3.8) is 0 Å². The second kappa shape index (κ2) is 8.24. The van der Waals surface area contributed by atoms with Gasteiger partial charge in [0, 0.05) is 5.75 Å². The minimum absolute atomic E-state index is 0.256. The van der Waals surface area contributed by atoms with Gasteiger partial charge in [-0.15, -0.1) is 5.10 Å². The van der Waals surface area contributed by atoms with Gasteiger partial charge in [0.25, 0.3) is 0 Å². The van der Waals surface area contributed by atoms with Crippen LogP contribution in [-0.4, -0.2) is 50.6 Å². The molecule has 26 heavy (non-hydrogen) atoms. The summed E-state index contributed by atoms with van der Waals surface area (Å²) in [7, 11) is 0. The molecule has 1 aromatic heterocycles. The normalized spacial score (nSPS) is 17.7. The molecule has 1 aliphatic carbocycles. The van der Waals surface area contributed by atoms with Gasteiger partial charge in [-0.05, 0) is 41.0 Å². The summed E-state index contributed by atoms with van der Waals surface area (Å²) in [5.41, 5.74) is 0.985. The Kier molecular flexibility index (Phi) is 5.57. The Morgan fingerprint density at radius 1 is 1.27 bits per heavy atom. The fraction of sp³-hybridized carbons (Fsp3) is 0.588. The standard InChI is InChI=1S/C17H22N4O4S/c22-14(9-23-8-12-5-6-15-16(7-12)25-11-24-15)10-26-17-18-19-20-21(17)13-3-1-2-4-13/h5-7,13-14,22H,1-4,8-11H2. The number of ether oxygens (including phenoxy) is 3. The first-order chi connectivity index (χ1) is 12.8. The quantitative estimate of drug-likeness (QED) is 0.699. The zero-order valence-corrected chi connectivity index (χ0v) is 15.2. The second-order valence-corrected chi connectivity index (χ2v) is 7.50. The number of benzene rings is 1. The highest BCUT2D eigenvalue weighted by atomic mass is 32.2. The summed E-state index contributed by atoms with van der Waals surface area (Å²) in [6, 6.07) is 6.10. The van der Waals surface area contributed by atoms with Gasteiger partial charge in [0.1, 0.15) is 0 Å². The molecule has 1 atom stereocenters. The molecular weight excluding hydrogens is 356 g/mol. The summed E-state index contributed by atoms with van der Waals surface area (Å²) in [6.07, 6.45) is 4.12. The average Bonchev–Trinajstić information content (AvgIpc) is 3.39. The zero-order valence-electron chi connectivity index (χ0n) is 14.4. The highest BCUT2D eigenvalue weighted by molar-refractivity contribution is 7.99. The van der Waals surface area contributed by atoms with E-state index in [9.17, 15) is 5.11 Å². The first-order valence-corrected chi connectivity index (χ1v) is 9.83. The maximum Gasteiger partial charge on any atom is 0.231 e. The summed E-state index contributed by atoms with van der Waals surface area (Å²) < 4.78 is 18.2. The van der Waals surface area contributed by atoms with Crippen molar-refractivity contribution in [1.82, 2.24) is 20.2 Å². The Bertz CT molecular complexity index is 735. The van der Waals surface area contributed by atoms with Crippen LogP contribution in [0.15, 0.2) is 23.4 Å². The van der Waals surface area contributed by atoms with Crippen molar-refractivity contribution < 1.29 is 19.3 Å². The van der Waals surface area contributed by atoms with Crippen LogP contribution in [0.5, 0.6) is 11.5 Å². The van der Waals surface area contributed by atoms with Crippen LogP contribution in [0, 0.1) is 0 Å². The lowest BCUT2D eigenvalue weighted by Gasteiger charge is -2.13. The number of aliphatic hydroxyl groups is 1. The van der Waals surface area contributed by atoms with Crippen molar-refractivity contribution in [3.05, 3.63) is 23.8 Å². The van der Waals surface area contributed by atoms with Gasteiger partial charge < -0.3 is 19.3 Å². The van der Waals surface area contributed by atoms with E-state index in [1.54, 1.807) is 0 Å². The van der Waals surface area contributed by atoms with Crippen LogP contribution in [0.4, 0.5) is 0 Å². The second-order valence-electron chi connectivity index (χ2n) is 6.51. The summed E-state index contributed by atoms with van der Waals surface area (Å²) in [5.74, 6) is 1.99. The molecule has 0 spiro atoms. The molecule has 9 heteroatoms. The molecular formula is C17H22N4O4S. The van der Waals surface area contributed by atoms with Gasteiger partial charge in [-0.25, -0.2) is 4.68 Å². The summed E-state index contributed by atoms with van der Waals surface area (Å²) in [6.45, 7) is 0.931. The fourth-order valence-electron chi connectivity index (χ4n) is 3.22. The molecule has 4 rings (SSSR count). The van der Waals surface area contributed by atoms with E-state index in [2.05, 4.69) is 15.5 Å². The number of aliphatic hydroxyl groups excluding tert-OH is 1. The third-order valence-electron chi connectivity index (χ3n) is 4.55. The van der Waals surface area contributed by atoms with E-state index in [1.807, 2.05) is 22.9 Å². The van der Waals surface area contributed by atoms with Crippen LogP contribution in [0.3, 0.4) is 0 Å². The molecule has 8 nitrogen and oxygen atoms in total. The molecule has 1 N–H and O–H groups in total. The molecule has 1 fully saturated rings. The highest BCUT2D eigenvalue weighted by Crippen LogP contribution is 2.33. The van der Waals surface area contributed by atoms with Crippen molar-refractivity contribution in [2.45, 2.75) is 49.6 Å². The molecule has 0 saturated heterocycles. The number of nitrogens with zero attached hydrogens (tertiary/aromatic N) is 4. The Morgan fingerprint density at radius 2 is 2.12 bits per heavy atom. The SMILES string of the molecule is OC(COCc1ccc2c(c1)OCO2)CSc1nnnn1C1CCCC1. The van der Waals surface area contributed by atoms with Crippen LogP contribution >= 0.6 is 11.8 Å². The molecule has 1 saturated carbocycles. The van der Waals surface area contributed by atoms with Gasteiger partial charge in [-0.2, -0.15) is 0 Å². The lowest BCUT2D eigenvalue weighted by Crippen LogP contribution is -2.18. The molecule has 0 bridgehead atoms. The fourth-order valence-corrected chi connectivity index (χ4v) is 4.07. The molecule has 1 aliphatic heterocycles. The number of hydrogen-bond acceptors (Lipinski definition) is 8. The largest absolute Gasteiger partial charge is 0.454 e. The monoisotopic (exact) mass is 378 g/mol. The molecule has 2 aliphatic rings. The Hall–Kier alpha value is -1.84. The maximum absolute atomic E-state index is 10.2. The van der Waals surface area contributed by atoms with Crippen molar-refractivity contribution in [1.29, 1.82) is 0 Å². The number of thioether (sulfide) groups is 1. The van der Waals surface area contributed by atoms with E-state index in [-0.39, 0.29) is 13.4 Å². The zero-order chi connectivity index (χ0) is 17.8. The molecule has 0 amide bonds. The summed E-state index contributed by atoms with van der Waals surface area (Å²) in [5, 5.41) is 22.9. The molecule has 0 radical (unpaired) electrons. The predicted molar refractivity (Wildman–Crippen MR) is 94.3 cm³/mol. The molecule has 2 aromatic rings. The number of hydrogen-bond donors (Lipinski definition) is 1. The van der Waals surface area contributed by atoms with Gasteiger partial charge in [0.15, 0.2) is 11.5 Å². The van der Waals surface area contributed by atoms with Crippen LogP contribution in [0.1, 0.15) is 37.3 Å². The number of aromatic nitrogens is 4. The average molecular weight is 378 g/mol. The number of tetrazole rings is 1. The van der Waals surface area contributed by atoms with Crippen molar-refractivity contribution >= 4 is 11.8 Å². The smallest absolute Gasteiger partial charge is 0.231 e. The molecule has 140 valence electrons. The first kappa shape index (κ1) is 17.6. The Morgan fingerprint density at radius 3 is 3.00 bits per heavy atom. The minimum Gasteiger partial charge on any atom is -0.454 e. The Labute approximate surface area is 155 Å². The van der Waals surface area contributed by atoms with Crippen LogP contribution < -0.4 is 9.47 Å². The van der Waals surface area contributed by atoms with Crippen LogP contribution in [0.25, 0.3) is 0 Å². The summed E-state index contributed by atoms with van der Waals surface area (Å²) in [4.78, 5) is 0. The third-order valence-corrected chi connectivity index (χ3v) is 5.63. The first-order valence-electron chi connectivity index (χ1n) is 8.84. The topological polar surface area (TPSA) is 91.5 Å². The van der Waals surface area contributed by atoms with Crippen LogP contribution in [0.2, 0.25) is 0 Å². The van der Waals surface area contributed by atoms with E-state index in [1.165, 1.54) is 24.6 Å². The van der Waals surface area contributed by atoms with E-state index >= 15 is 0 Å². The van der Waals surface area contributed by atoms with Gasteiger partial charge in [-0.3, -0.25) is 0 Å². The Balaban J connectivity index is 1.21. The van der Waals surface area contributed by atoms with Gasteiger partial charge in [-0.1, -0.05) is 30.7 Å². The van der Waals surface area contributed by atoms with Gasteiger partial charge in [0.2, 0.25) is 11.9 Å². The molecule has 1 aromatic carbocycles. The highest BCUT2D eigenvalue weighted by Gasteiger charge is 2.22. The van der Waals surface area contributed by atoms with Gasteiger partial charge in [0.05, 0.1) is 25.4 Å². The molecule has 2 heterocycles. The van der Waals surface area contributed by atoms with E-state index in [4.69, 9.17) is 14.2 Å². The van der Waals surface area contributed by atoms with E-state index in [0.29, 0.717) is 18.4 Å². The molecule has 1 unspecified atom stereocenters. The summed E-state index contributed by atoms with van der Waals surface area (Å²) >= 11 is 1.47. The van der Waals surface area contributed by atoms with E-state index in [0.717, 1.165) is 35.1 Å². The number of rotatable bonds is 8. The van der Waals surface area contributed by atoms with Crippen molar-refractivity contribution in [2.75, 3.05) is 19.2 Å². The van der Waals surface area contributed by atoms with Crippen molar-refractivity contribution in [2.24, 2.45) is 0 Å². The van der Waals surface area contributed by atoms with Gasteiger partial charge >= 0.3 is 0 Å².